The van der Waals surface area contributed by atoms with Crippen molar-refractivity contribution in [2.24, 2.45) is 0 Å². The monoisotopic (exact) mass is 597 g/mol. The Morgan fingerprint density at radius 2 is 1.60 bits per heavy atom. The summed E-state index contributed by atoms with van der Waals surface area (Å²) in [6, 6.07) is 21.8. The van der Waals surface area contributed by atoms with Crippen LogP contribution in [0.2, 0.25) is 5.02 Å². The lowest BCUT2D eigenvalue weighted by molar-refractivity contribution is -0.137. The lowest BCUT2D eigenvalue weighted by atomic mass is 9.92. The van der Waals surface area contributed by atoms with Crippen molar-refractivity contribution >= 4 is 35.0 Å². The average molecular weight is 598 g/mol. The molecule has 1 heterocycles. The van der Waals surface area contributed by atoms with Gasteiger partial charge in [-0.3, -0.25) is 4.79 Å². The van der Waals surface area contributed by atoms with Crippen molar-refractivity contribution in [1.82, 2.24) is 14.7 Å². The second-order valence-electron chi connectivity index (χ2n) is 10.7. The minimum atomic E-state index is -4.57. The largest absolute Gasteiger partial charge is 0.416 e. The van der Waals surface area contributed by atoms with Crippen LogP contribution in [0, 0.1) is 0 Å². The van der Waals surface area contributed by atoms with Crippen LogP contribution in [0.5, 0.6) is 0 Å². The van der Waals surface area contributed by atoms with E-state index < -0.39 is 23.7 Å². The number of aromatic nitrogens is 2. The van der Waals surface area contributed by atoms with Crippen molar-refractivity contribution in [2.45, 2.75) is 38.8 Å². The molecule has 4 aromatic rings. The molecule has 0 fully saturated rings. The molecular formula is C31H31ClF3N5O2. The molecule has 0 saturated heterocycles. The van der Waals surface area contributed by atoms with Gasteiger partial charge in [-0.2, -0.15) is 18.3 Å². The molecule has 4 rings (SSSR count). The Bertz CT molecular complexity index is 1550. The van der Waals surface area contributed by atoms with Gasteiger partial charge in [-0.25, -0.2) is 9.48 Å². The Balaban J connectivity index is 1.57. The first-order valence-electron chi connectivity index (χ1n) is 13.2. The molecule has 0 aliphatic rings. The molecule has 0 saturated carbocycles. The SMILES string of the molecule is CC(C)(C)c1cc(NC(=O)CN(CCc2ccccc2)C(=O)Nc2cccc(C(F)(F)F)c2)n(-c2ccccc2Cl)n1. The van der Waals surface area contributed by atoms with E-state index in [0.29, 0.717) is 28.6 Å². The van der Waals surface area contributed by atoms with Gasteiger partial charge in [-0.05, 0) is 42.3 Å². The third kappa shape index (κ3) is 7.91. The number of benzene rings is 3. The minimum absolute atomic E-state index is 0.0356. The fourth-order valence-electron chi connectivity index (χ4n) is 4.14. The predicted molar refractivity (Wildman–Crippen MR) is 158 cm³/mol. The molecule has 3 amide bonds. The van der Waals surface area contributed by atoms with Gasteiger partial charge >= 0.3 is 12.2 Å². The summed E-state index contributed by atoms with van der Waals surface area (Å²) in [6.07, 6.45) is -4.14. The van der Waals surface area contributed by atoms with E-state index in [1.165, 1.54) is 21.7 Å². The minimum Gasteiger partial charge on any atom is -0.315 e. The zero-order chi connectivity index (χ0) is 30.5. The Kier molecular flexibility index (Phi) is 9.26. The molecule has 11 heteroatoms. The third-order valence-corrected chi connectivity index (χ3v) is 6.72. The molecule has 1 aromatic heterocycles. The number of carbonyl (C=O) groups excluding carboxylic acids is 2. The van der Waals surface area contributed by atoms with Crippen LogP contribution in [-0.2, 0) is 22.8 Å². The summed E-state index contributed by atoms with van der Waals surface area (Å²) >= 11 is 6.43. The number of nitrogens with one attached hydrogen (secondary N) is 2. The number of hydrogen-bond acceptors (Lipinski definition) is 3. The topological polar surface area (TPSA) is 79.3 Å². The molecule has 0 aliphatic carbocycles. The molecular weight excluding hydrogens is 567 g/mol. The van der Waals surface area contributed by atoms with Crippen LogP contribution in [0.3, 0.4) is 0 Å². The molecule has 2 N–H and O–H groups in total. The van der Waals surface area contributed by atoms with Gasteiger partial charge in [0.15, 0.2) is 0 Å². The Hall–Kier alpha value is -4.31. The van der Waals surface area contributed by atoms with Gasteiger partial charge < -0.3 is 15.5 Å². The van der Waals surface area contributed by atoms with E-state index in [4.69, 9.17) is 11.6 Å². The van der Waals surface area contributed by atoms with E-state index in [1.807, 2.05) is 51.1 Å². The van der Waals surface area contributed by atoms with Gasteiger partial charge in [0.1, 0.15) is 12.4 Å². The van der Waals surface area contributed by atoms with Gasteiger partial charge in [0, 0.05) is 23.7 Å². The summed E-state index contributed by atoms with van der Waals surface area (Å²) in [5.74, 6) is -0.157. The van der Waals surface area contributed by atoms with Crippen molar-refractivity contribution in [1.29, 1.82) is 0 Å². The highest BCUT2D eigenvalue weighted by Crippen LogP contribution is 2.31. The smallest absolute Gasteiger partial charge is 0.315 e. The molecule has 0 aliphatic heterocycles. The number of para-hydroxylation sites is 1. The molecule has 3 aromatic carbocycles. The zero-order valence-electron chi connectivity index (χ0n) is 23.4. The zero-order valence-corrected chi connectivity index (χ0v) is 24.1. The Morgan fingerprint density at radius 3 is 2.26 bits per heavy atom. The number of rotatable bonds is 8. The fourth-order valence-corrected chi connectivity index (χ4v) is 4.35. The summed E-state index contributed by atoms with van der Waals surface area (Å²) in [5.41, 5.74) is 0.942. The summed E-state index contributed by atoms with van der Waals surface area (Å²) in [4.78, 5) is 27.9. The second-order valence-corrected chi connectivity index (χ2v) is 11.1. The molecule has 0 spiro atoms. The summed E-state index contributed by atoms with van der Waals surface area (Å²) < 4.78 is 41.2. The van der Waals surface area contributed by atoms with Gasteiger partial charge in [-0.1, -0.05) is 80.9 Å². The number of carbonyl (C=O) groups is 2. The van der Waals surface area contributed by atoms with Gasteiger partial charge in [-0.15, -0.1) is 0 Å². The first kappa shape index (κ1) is 30.6. The normalized spacial score (nSPS) is 11.7. The van der Waals surface area contributed by atoms with Crippen LogP contribution < -0.4 is 10.6 Å². The number of urea groups is 1. The molecule has 0 radical (unpaired) electrons. The van der Waals surface area contributed by atoms with Gasteiger partial charge in [0.2, 0.25) is 5.91 Å². The van der Waals surface area contributed by atoms with E-state index in [-0.39, 0.29) is 24.2 Å². The third-order valence-electron chi connectivity index (χ3n) is 6.40. The number of alkyl halides is 3. The van der Waals surface area contributed by atoms with Crippen LogP contribution >= 0.6 is 11.6 Å². The number of nitrogens with zero attached hydrogens (tertiary/aromatic N) is 3. The maximum absolute atomic E-state index is 13.3. The van der Waals surface area contributed by atoms with E-state index >= 15 is 0 Å². The van der Waals surface area contributed by atoms with E-state index in [1.54, 1.807) is 30.3 Å². The van der Waals surface area contributed by atoms with E-state index in [0.717, 1.165) is 17.7 Å². The van der Waals surface area contributed by atoms with Crippen LogP contribution in [0.15, 0.2) is 84.9 Å². The van der Waals surface area contributed by atoms with Crippen LogP contribution in [0.1, 0.15) is 37.6 Å². The van der Waals surface area contributed by atoms with Crippen molar-refractivity contribution in [3.8, 4) is 5.69 Å². The van der Waals surface area contributed by atoms with Crippen molar-refractivity contribution in [2.75, 3.05) is 23.7 Å². The fraction of sp³-hybridized carbons (Fsp3) is 0.258. The maximum Gasteiger partial charge on any atom is 0.416 e. The highest BCUT2D eigenvalue weighted by atomic mass is 35.5. The summed E-state index contributed by atoms with van der Waals surface area (Å²) in [7, 11) is 0. The lowest BCUT2D eigenvalue weighted by Crippen LogP contribution is -2.42. The molecule has 42 heavy (non-hydrogen) atoms. The standard InChI is InChI=1S/C31H31ClF3N5O2/c1-30(2,3)26-19-27(40(38-26)25-15-8-7-14-24(25)32)37-28(41)20-39(17-16-21-10-5-4-6-11-21)29(42)36-23-13-9-12-22(18-23)31(33,34)35/h4-15,18-19H,16-17,20H2,1-3H3,(H,36,42)(H,37,41). The molecule has 0 unspecified atom stereocenters. The Morgan fingerprint density at radius 1 is 0.905 bits per heavy atom. The van der Waals surface area contributed by atoms with Crippen LogP contribution in [0.4, 0.5) is 29.5 Å². The molecule has 220 valence electrons. The van der Waals surface area contributed by atoms with Crippen molar-refractivity contribution < 1.29 is 22.8 Å². The predicted octanol–water partition coefficient (Wildman–Crippen LogP) is 7.56. The average Bonchev–Trinajstić information content (AvgIpc) is 3.35. The van der Waals surface area contributed by atoms with E-state index in [2.05, 4.69) is 15.7 Å². The van der Waals surface area contributed by atoms with Crippen molar-refractivity contribution in [3.05, 3.63) is 107 Å². The summed E-state index contributed by atoms with van der Waals surface area (Å²) in [5, 5.41) is 10.4. The second kappa shape index (κ2) is 12.7. The highest BCUT2D eigenvalue weighted by molar-refractivity contribution is 6.32. The van der Waals surface area contributed by atoms with Crippen LogP contribution in [0.25, 0.3) is 5.69 Å². The molecule has 0 bridgehead atoms. The first-order valence-corrected chi connectivity index (χ1v) is 13.6. The molecule has 7 nitrogen and oxygen atoms in total. The molecule has 0 atom stereocenters. The Labute approximate surface area is 247 Å². The number of halogens is 4. The summed E-state index contributed by atoms with van der Waals surface area (Å²) in [6.45, 7) is 5.74. The number of anilines is 2. The maximum atomic E-state index is 13.3. The van der Waals surface area contributed by atoms with Crippen LogP contribution in [-0.4, -0.2) is 39.7 Å². The lowest BCUT2D eigenvalue weighted by Gasteiger charge is -2.23. The number of hydrogen-bond donors (Lipinski definition) is 2. The van der Waals surface area contributed by atoms with Crippen molar-refractivity contribution in [3.63, 3.8) is 0 Å². The van der Waals surface area contributed by atoms with Gasteiger partial charge in [0.25, 0.3) is 0 Å². The number of amides is 3. The van der Waals surface area contributed by atoms with Gasteiger partial charge in [0.05, 0.1) is 22.0 Å². The highest BCUT2D eigenvalue weighted by Gasteiger charge is 2.31. The first-order chi connectivity index (χ1) is 19.8. The van der Waals surface area contributed by atoms with E-state index in [9.17, 15) is 22.8 Å². The quantitative estimate of drug-likeness (QED) is 0.220.